The average Bonchev–Trinajstić information content (AvgIpc) is 3.44. The minimum Gasteiger partial charge on any atom is -0.462 e. The van der Waals surface area contributed by atoms with Crippen molar-refractivity contribution in [3.05, 3.63) is 134 Å². The molecule has 78 heavy (non-hydrogen) atoms. The van der Waals surface area contributed by atoms with Crippen LogP contribution in [0.2, 0.25) is 0 Å². The lowest BCUT2D eigenvalue weighted by molar-refractivity contribution is -0.161. The largest absolute Gasteiger partial charge is 0.462 e. The van der Waals surface area contributed by atoms with Gasteiger partial charge in [-0.05, 0) is 96.3 Å². The van der Waals surface area contributed by atoms with Gasteiger partial charge in [-0.15, -0.1) is 0 Å². The molecule has 1 atom stereocenters. The van der Waals surface area contributed by atoms with Gasteiger partial charge in [-0.3, -0.25) is 9.59 Å². The Bertz CT molecular complexity index is 1600. The van der Waals surface area contributed by atoms with E-state index in [9.17, 15) is 14.7 Å². The van der Waals surface area contributed by atoms with Crippen LogP contribution >= 0.6 is 0 Å². The number of carbonyl (C=O) groups excluding carboxylic acids is 2. The predicted molar refractivity (Wildman–Crippen MR) is 343 cm³/mol. The molecule has 0 aliphatic carbocycles. The number of carbonyl (C=O) groups is 2. The first-order valence-electron chi connectivity index (χ1n) is 32.7. The van der Waals surface area contributed by atoms with Crippen LogP contribution in [0.15, 0.2) is 134 Å². The lowest BCUT2D eigenvalue weighted by Crippen LogP contribution is -2.28. The Morgan fingerprint density at radius 1 is 0.308 bits per heavy atom. The van der Waals surface area contributed by atoms with Crippen LogP contribution in [0.3, 0.4) is 0 Å². The van der Waals surface area contributed by atoms with Crippen molar-refractivity contribution >= 4 is 11.9 Å². The molecule has 0 aromatic carbocycles. The molecule has 0 aromatic heterocycles. The Hall–Kier alpha value is -3.96. The van der Waals surface area contributed by atoms with Crippen LogP contribution in [0.1, 0.15) is 296 Å². The number of aliphatic hydroxyl groups is 1. The molecular formula is C73H122O5. The van der Waals surface area contributed by atoms with Crippen molar-refractivity contribution in [3.63, 3.8) is 0 Å². The minimum absolute atomic E-state index is 0.0779. The van der Waals surface area contributed by atoms with Gasteiger partial charge in [0.2, 0.25) is 0 Å². The molecule has 1 N–H and O–H groups in total. The number of hydrogen-bond donors (Lipinski definition) is 1. The molecule has 0 spiro atoms. The van der Waals surface area contributed by atoms with E-state index >= 15 is 0 Å². The van der Waals surface area contributed by atoms with Crippen molar-refractivity contribution in [2.75, 3.05) is 13.2 Å². The molecule has 5 heteroatoms. The van der Waals surface area contributed by atoms with Crippen LogP contribution in [0, 0.1) is 0 Å². The Labute approximate surface area is 483 Å². The van der Waals surface area contributed by atoms with Crippen molar-refractivity contribution in [2.24, 2.45) is 0 Å². The van der Waals surface area contributed by atoms with Gasteiger partial charge in [-0.2, -0.15) is 0 Å². The molecule has 0 heterocycles. The third-order valence-corrected chi connectivity index (χ3v) is 14.0. The summed E-state index contributed by atoms with van der Waals surface area (Å²) < 4.78 is 10.7. The number of esters is 2. The van der Waals surface area contributed by atoms with Crippen LogP contribution in [0.4, 0.5) is 0 Å². The first-order valence-corrected chi connectivity index (χ1v) is 32.7. The number of ether oxygens (including phenoxy) is 2. The van der Waals surface area contributed by atoms with Crippen molar-refractivity contribution in [2.45, 2.75) is 302 Å². The van der Waals surface area contributed by atoms with Crippen molar-refractivity contribution in [3.8, 4) is 0 Å². The highest BCUT2D eigenvalue weighted by atomic mass is 16.6. The zero-order valence-electron chi connectivity index (χ0n) is 50.9. The fraction of sp³-hybridized carbons (Fsp3) is 0.671. The van der Waals surface area contributed by atoms with Gasteiger partial charge in [0.1, 0.15) is 6.61 Å². The van der Waals surface area contributed by atoms with Crippen LogP contribution < -0.4 is 0 Å². The summed E-state index contributed by atoms with van der Waals surface area (Å²) in [6, 6.07) is 0. The van der Waals surface area contributed by atoms with Gasteiger partial charge >= 0.3 is 11.9 Å². The second-order valence-corrected chi connectivity index (χ2v) is 21.5. The molecule has 0 aromatic rings. The van der Waals surface area contributed by atoms with E-state index in [4.69, 9.17) is 9.47 Å². The molecule has 5 nitrogen and oxygen atoms in total. The summed E-state index contributed by atoms with van der Waals surface area (Å²) in [4.78, 5) is 24.6. The normalized spacial score (nSPS) is 13.1. The maximum absolute atomic E-state index is 12.3. The molecule has 0 saturated carbocycles. The topological polar surface area (TPSA) is 72.8 Å². The van der Waals surface area contributed by atoms with E-state index in [0.717, 1.165) is 128 Å². The summed E-state index contributed by atoms with van der Waals surface area (Å²) in [6.07, 6.45) is 100. The molecule has 0 fully saturated rings. The van der Waals surface area contributed by atoms with Crippen molar-refractivity contribution in [1.82, 2.24) is 0 Å². The van der Waals surface area contributed by atoms with E-state index in [2.05, 4.69) is 148 Å². The lowest BCUT2D eigenvalue weighted by Gasteiger charge is -2.15. The zero-order chi connectivity index (χ0) is 56.2. The van der Waals surface area contributed by atoms with E-state index in [0.29, 0.717) is 12.8 Å². The molecule has 0 aliphatic rings. The molecule has 0 saturated heterocycles. The van der Waals surface area contributed by atoms with Gasteiger partial charge in [-0.1, -0.05) is 321 Å². The average molecular weight is 1080 g/mol. The molecule has 0 aliphatic heterocycles. The maximum atomic E-state index is 12.3. The fourth-order valence-electron chi connectivity index (χ4n) is 9.09. The van der Waals surface area contributed by atoms with Crippen LogP contribution in [0.5, 0.6) is 0 Å². The number of aliphatic hydroxyl groups excluding tert-OH is 1. The number of unbranched alkanes of at least 4 members (excludes halogenated alkanes) is 29. The maximum Gasteiger partial charge on any atom is 0.306 e. The van der Waals surface area contributed by atoms with E-state index < -0.39 is 6.10 Å². The van der Waals surface area contributed by atoms with Gasteiger partial charge in [0, 0.05) is 12.8 Å². The van der Waals surface area contributed by atoms with E-state index in [-0.39, 0.29) is 25.2 Å². The van der Waals surface area contributed by atoms with Gasteiger partial charge in [0.15, 0.2) is 6.10 Å². The van der Waals surface area contributed by atoms with Crippen LogP contribution in [-0.2, 0) is 19.1 Å². The highest BCUT2D eigenvalue weighted by Crippen LogP contribution is 2.17. The van der Waals surface area contributed by atoms with Gasteiger partial charge in [0.25, 0.3) is 0 Å². The van der Waals surface area contributed by atoms with E-state index in [1.165, 1.54) is 141 Å². The molecular weight excluding hydrogens is 957 g/mol. The quantitative estimate of drug-likeness (QED) is 0.0373. The standard InChI is InChI=1S/C73H122O5/c1-3-5-7-9-11-13-15-17-19-21-23-25-27-29-30-31-32-33-34-35-36-37-38-39-40-41-42-44-46-48-50-52-54-56-58-60-62-64-66-68-73(76)78-71(69-74)70-77-72(75)67-65-63-61-59-57-55-53-51-49-47-45-43-28-26-24-22-20-18-16-14-12-10-8-6-4-2/h5,7,11,13,17,19,23,25,29-30,32-33,35-36,38-39,41-42,46,48,52,54,71,74H,3-4,6,8-10,12,14-16,18,20-22,24,26-28,31,34,37,40,43-45,47,49-51,53,55-70H2,1-2H3/b7-5-,13-11-,19-17-,25-23-,30-29-,33-32-,36-35-,39-38-,42-41-,48-46-,54-52-. The Morgan fingerprint density at radius 2 is 0.551 bits per heavy atom. The summed E-state index contributed by atoms with van der Waals surface area (Å²) in [5.41, 5.74) is 0. The smallest absolute Gasteiger partial charge is 0.306 e. The minimum atomic E-state index is -0.791. The second-order valence-electron chi connectivity index (χ2n) is 21.5. The zero-order valence-corrected chi connectivity index (χ0v) is 50.9. The Morgan fingerprint density at radius 3 is 0.833 bits per heavy atom. The third-order valence-electron chi connectivity index (χ3n) is 14.0. The molecule has 444 valence electrons. The van der Waals surface area contributed by atoms with Crippen molar-refractivity contribution < 1.29 is 24.2 Å². The highest BCUT2D eigenvalue weighted by molar-refractivity contribution is 5.70. The number of hydrogen-bond acceptors (Lipinski definition) is 5. The third kappa shape index (κ3) is 64.6. The van der Waals surface area contributed by atoms with Crippen molar-refractivity contribution in [1.29, 1.82) is 0 Å². The first kappa shape index (κ1) is 74.0. The number of allylic oxidation sites excluding steroid dienone is 22. The summed E-state index contributed by atoms with van der Waals surface area (Å²) >= 11 is 0. The molecule has 1 unspecified atom stereocenters. The highest BCUT2D eigenvalue weighted by Gasteiger charge is 2.16. The molecule has 0 bridgehead atoms. The van der Waals surface area contributed by atoms with Crippen LogP contribution in [0.25, 0.3) is 0 Å². The molecule has 0 amide bonds. The monoisotopic (exact) mass is 1080 g/mol. The number of rotatable bonds is 59. The summed E-state index contributed by atoms with van der Waals surface area (Å²) in [5.74, 6) is -0.609. The van der Waals surface area contributed by atoms with Crippen LogP contribution in [-0.4, -0.2) is 36.4 Å². The van der Waals surface area contributed by atoms with Gasteiger partial charge < -0.3 is 14.6 Å². The SMILES string of the molecule is CC/C=C\C/C=C\C/C=C\C/C=C\C/C=C\C/C=C\C/C=C\C/C=C\C/C=C\C/C=C\C/C=C\CCCCCCCC(=O)OC(CO)COC(=O)CCCCCCCCCCCCCCCCCCCCCCCCCCC. The first-order chi connectivity index (χ1) is 38.6. The predicted octanol–water partition coefficient (Wildman–Crippen LogP) is 22.8. The Balaban J connectivity index is 3.59. The molecule has 0 rings (SSSR count). The Kier molecular flexibility index (Phi) is 63.9. The van der Waals surface area contributed by atoms with E-state index in [1.807, 2.05) is 0 Å². The van der Waals surface area contributed by atoms with Gasteiger partial charge in [0.05, 0.1) is 6.61 Å². The molecule has 0 radical (unpaired) electrons. The summed E-state index contributed by atoms with van der Waals surface area (Å²) in [7, 11) is 0. The van der Waals surface area contributed by atoms with Gasteiger partial charge in [-0.25, -0.2) is 0 Å². The fourth-order valence-corrected chi connectivity index (χ4v) is 9.09. The summed E-state index contributed by atoms with van der Waals surface area (Å²) in [6.45, 7) is 4.04. The second kappa shape index (κ2) is 67.3. The van der Waals surface area contributed by atoms with E-state index in [1.54, 1.807) is 0 Å². The summed E-state index contributed by atoms with van der Waals surface area (Å²) in [5, 5.41) is 9.68. The lowest BCUT2D eigenvalue weighted by atomic mass is 10.0.